The lowest BCUT2D eigenvalue weighted by Gasteiger charge is -2.48. The van der Waals surface area contributed by atoms with Crippen molar-refractivity contribution in [3.63, 3.8) is 0 Å². The van der Waals surface area contributed by atoms with Gasteiger partial charge in [-0.15, -0.1) is 0 Å². The number of aliphatic hydroxyl groups excluding tert-OH is 11. The Labute approximate surface area is 538 Å². The second-order valence-electron chi connectivity index (χ2n) is 23.9. The number of unbranched alkanes of at least 4 members (excludes halogenated alkanes) is 16. The van der Waals surface area contributed by atoms with E-state index in [4.69, 9.17) is 28.4 Å². The van der Waals surface area contributed by atoms with E-state index in [1.54, 1.807) is 0 Å². The van der Waals surface area contributed by atoms with Crippen molar-refractivity contribution in [3.8, 4) is 0 Å². The molecule has 0 saturated carbocycles. The van der Waals surface area contributed by atoms with Gasteiger partial charge in [0.25, 0.3) is 0 Å². The van der Waals surface area contributed by atoms with Crippen LogP contribution in [0.2, 0.25) is 0 Å². The standard InChI is InChI=1S/C71H119NO18/c1-3-5-7-9-11-13-15-17-19-21-22-23-24-25-26-27-28-29-30-31-32-33-35-37-39-41-43-45-47-49-59(77)72-54(55(76)48-46-44-42-40-38-36-34-20-18-16-14-12-10-8-6-4-2)53-85-69-65(83)62(80)67(57(51-74)87-69)90-71-66(84)63(81)68(58(52-75)88-71)89-70-64(82)61(79)60(78)56(50-73)86-70/h5,7,11,13,17,19,22-23,25-26,28-29,31-32,35,37,41,43,54-58,60-71,73-76,78-84H,3-4,6,8-10,12,14-16,18,20-21,24,27,30,33-34,36,38-40,42,44-53H2,1-2H3,(H,72,77)/b7-5-,13-11-,19-17-,23-22-,26-25-,29-28-,32-31-,37-35-,43-41-. The van der Waals surface area contributed by atoms with Crippen LogP contribution in [0.1, 0.15) is 200 Å². The van der Waals surface area contributed by atoms with Gasteiger partial charge in [0.1, 0.15) is 73.2 Å². The van der Waals surface area contributed by atoms with Crippen LogP contribution in [0.15, 0.2) is 109 Å². The molecule has 0 spiro atoms. The molecule has 0 aromatic rings. The molecule has 17 unspecified atom stereocenters. The first-order chi connectivity index (χ1) is 43.8. The highest BCUT2D eigenvalue weighted by Gasteiger charge is 2.53. The second-order valence-corrected chi connectivity index (χ2v) is 23.9. The molecule has 0 bridgehead atoms. The summed E-state index contributed by atoms with van der Waals surface area (Å²) in [5, 5.41) is 121. The van der Waals surface area contributed by atoms with E-state index >= 15 is 0 Å². The minimum atomic E-state index is -1.98. The Morgan fingerprint density at radius 3 is 1.16 bits per heavy atom. The van der Waals surface area contributed by atoms with Gasteiger partial charge in [0.15, 0.2) is 18.9 Å². The normalized spacial score (nSPS) is 28.7. The molecule has 0 aromatic carbocycles. The Hall–Kier alpha value is -3.55. The number of nitrogens with one attached hydrogen (secondary N) is 1. The lowest BCUT2D eigenvalue weighted by molar-refractivity contribution is -0.379. The Morgan fingerprint density at radius 1 is 0.411 bits per heavy atom. The van der Waals surface area contributed by atoms with E-state index in [0.29, 0.717) is 25.7 Å². The summed E-state index contributed by atoms with van der Waals surface area (Å²) in [6, 6.07) is -0.926. The van der Waals surface area contributed by atoms with E-state index in [2.05, 4.69) is 122 Å². The lowest BCUT2D eigenvalue weighted by atomic mass is 9.96. The van der Waals surface area contributed by atoms with Crippen LogP contribution in [0.25, 0.3) is 0 Å². The first-order valence-corrected chi connectivity index (χ1v) is 34.1. The maximum atomic E-state index is 13.4. The number of ether oxygens (including phenoxy) is 6. The molecule has 17 atom stereocenters. The molecule has 3 aliphatic heterocycles. The summed E-state index contributed by atoms with van der Waals surface area (Å²) in [5.41, 5.74) is 0. The minimum Gasteiger partial charge on any atom is -0.394 e. The molecular formula is C71H119NO18. The summed E-state index contributed by atoms with van der Waals surface area (Å²) in [7, 11) is 0. The van der Waals surface area contributed by atoms with Crippen molar-refractivity contribution in [3.05, 3.63) is 109 Å². The van der Waals surface area contributed by atoms with Gasteiger partial charge in [0.05, 0.1) is 38.6 Å². The van der Waals surface area contributed by atoms with Gasteiger partial charge in [-0.3, -0.25) is 4.79 Å². The minimum absolute atomic E-state index is 0.179. The quantitative estimate of drug-likeness (QED) is 0.0200. The van der Waals surface area contributed by atoms with Gasteiger partial charge < -0.3 is 89.9 Å². The highest BCUT2D eigenvalue weighted by atomic mass is 16.8. The third kappa shape index (κ3) is 33.5. The monoisotopic (exact) mass is 1270 g/mol. The largest absolute Gasteiger partial charge is 0.394 e. The fourth-order valence-corrected chi connectivity index (χ4v) is 10.8. The van der Waals surface area contributed by atoms with Crippen LogP contribution in [0.5, 0.6) is 0 Å². The predicted molar refractivity (Wildman–Crippen MR) is 350 cm³/mol. The summed E-state index contributed by atoms with van der Waals surface area (Å²) in [4.78, 5) is 13.4. The highest BCUT2D eigenvalue weighted by Crippen LogP contribution is 2.33. The van der Waals surface area contributed by atoms with Gasteiger partial charge in [-0.1, -0.05) is 226 Å². The molecule has 3 rings (SSSR count). The van der Waals surface area contributed by atoms with Crippen molar-refractivity contribution in [2.45, 2.75) is 304 Å². The van der Waals surface area contributed by atoms with Gasteiger partial charge in [0, 0.05) is 6.42 Å². The molecule has 3 heterocycles. The van der Waals surface area contributed by atoms with Crippen molar-refractivity contribution in [2.75, 3.05) is 26.4 Å². The number of hydrogen-bond acceptors (Lipinski definition) is 18. The number of hydrogen-bond donors (Lipinski definition) is 12. The molecule has 3 saturated heterocycles. The fraction of sp³-hybridized carbons (Fsp3) is 0.732. The molecule has 516 valence electrons. The Bertz CT molecular complexity index is 2060. The fourth-order valence-electron chi connectivity index (χ4n) is 10.8. The molecule has 19 nitrogen and oxygen atoms in total. The zero-order valence-corrected chi connectivity index (χ0v) is 54.3. The van der Waals surface area contributed by atoms with E-state index in [1.807, 2.05) is 6.08 Å². The number of amides is 1. The van der Waals surface area contributed by atoms with Crippen LogP contribution < -0.4 is 5.32 Å². The molecule has 1 amide bonds. The van der Waals surface area contributed by atoms with Gasteiger partial charge in [-0.25, -0.2) is 0 Å². The van der Waals surface area contributed by atoms with Crippen LogP contribution in [-0.2, 0) is 33.2 Å². The van der Waals surface area contributed by atoms with Gasteiger partial charge in [-0.2, -0.15) is 0 Å². The van der Waals surface area contributed by atoms with E-state index in [-0.39, 0.29) is 18.9 Å². The van der Waals surface area contributed by atoms with E-state index in [9.17, 15) is 61.0 Å². The maximum absolute atomic E-state index is 13.4. The summed E-state index contributed by atoms with van der Waals surface area (Å²) >= 11 is 0. The van der Waals surface area contributed by atoms with Crippen LogP contribution in [0, 0.1) is 0 Å². The molecule has 90 heavy (non-hydrogen) atoms. The average Bonchev–Trinajstić information content (AvgIpc) is 1.05. The number of allylic oxidation sites excluding steroid dienone is 18. The Morgan fingerprint density at radius 2 is 0.756 bits per heavy atom. The van der Waals surface area contributed by atoms with Crippen molar-refractivity contribution in [2.24, 2.45) is 0 Å². The SMILES string of the molecule is CC/C=C\C/C=C\C/C=C\C/C=C\C/C=C\C/C=C\C/C=C\C/C=C\C/C=C\CCCC(=O)NC(COC1OC(CO)C(OC2OC(CO)C(OC3OC(CO)C(O)C(O)C3O)C(O)C2O)C(O)C1O)C(O)CCCCCCCCCCCCCCCCCC. The molecule has 0 aromatic heterocycles. The van der Waals surface area contributed by atoms with Crippen molar-refractivity contribution >= 4 is 5.91 Å². The first-order valence-electron chi connectivity index (χ1n) is 34.1. The molecule has 19 heteroatoms. The highest BCUT2D eigenvalue weighted by molar-refractivity contribution is 5.76. The van der Waals surface area contributed by atoms with Crippen LogP contribution in [0.4, 0.5) is 0 Å². The number of carbonyl (C=O) groups excluding carboxylic acids is 1. The molecule has 3 aliphatic rings. The van der Waals surface area contributed by atoms with E-state index in [1.165, 1.54) is 77.0 Å². The molecule has 0 aliphatic carbocycles. The summed E-state index contributed by atoms with van der Waals surface area (Å²) in [5.74, 6) is -0.305. The second kappa shape index (κ2) is 51.8. The van der Waals surface area contributed by atoms with E-state index < -0.39 is 124 Å². The Kier molecular flexibility index (Phi) is 46.5. The smallest absolute Gasteiger partial charge is 0.220 e. The van der Waals surface area contributed by atoms with Gasteiger partial charge in [-0.05, 0) is 77.0 Å². The molecule has 3 fully saturated rings. The Balaban J connectivity index is 1.45. The van der Waals surface area contributed by atoms with Crippen LogP contribution in [0.3, 0.4) is 0 Å². The van der Waals surface area contributed by atoms with E-state index in [0.717, 1.165) is 77.0 Å². The maximum Gasteiger partial charge on any atom is 0.220 e. The zero-order chi connectivity index (χ0) is 65.4. The lowest BCUT2D eigenvalue weighted by Crippen LogP contribution is -2.66. The van der Waals surface area contributed by atoms with Crippen molar-refractivity contribution in [1.29, 1.82) is 0 Å². The molecule has 0 radical (unpaired) electrons. The summed E-state index contributed by atoms with van der Waals surface area (Å²) in [6.07, 6.45) is 41.7. The first kappa shape index (κ1) is 80.7. The number of carbonyl (C=O) groups is 1. The van der Waals surface area contributed by atoms with Crippen molar-refractivity contribution in [1.82, 2.24) is 5.32 Å². The topological polar surface area (TPSA) is 307 Å². The number of aliphatic hydroxyl groups is 11. The predicted octanol–water partition coefficient (Wildman–Crippen LogP) is 8.66. The van der Waals surface area contributed by atoms with Crippen LogP contribution in [-0.4, -0.2) is 193 Å². The summed E-state index contributed by atoms with van der Waals surface area (Å²) in [6.45, 7) is 1.63. The number of rotatable bonds is 50. The third-order valence-electron chi connectivity index (χ3n) is 16.4. The zero-order valence-electron chi connectivity index (χ0n) is 54.3. The summed E-state index contributed by atoms with van der Waals surface area (Å²) < 4.78 is 34.3. The van der Waals surface area contributed by atoms with Gasteiger partial charge in [0.2, 0.25) is 5.91 Å². The van der Waals surface area contributed by atoms with Gasteiger partial charge >= 0.3 is 0 Å². The average molecular weight is 1270 g/mol. The molecular weight excluding hydrogens is 1150 g/mol. The third-order valence-corrected chi connectivity index (χ3v) is 16.4. The van der Waals surface area contributed by atoms with Crippen molar-refractivity contribution < 1.29 is 89.4 Å². The van der Waals surface area contributed by atoms with Crippen LogP contribution >= 0.6 is 0 Å². The molecule has 12 N–H and O–H groups in total.